The molecule has 7 heteroatoms. The molecule has 0 atom stereocenters. The van der Waals surface area contributed by atoms with E-state index >= 15 is 0 Å². The Labute approximate surface area is 152 Å². The summed E-state index contributed by atoms with van der Waals surface area (Å²) in [6.07, 6.45) is 0. The number of hydrogen-bond donors (Lipinski definition) is 1. The molecule has 0 aromatic heterocycles. The third-order valence-electron chi connectivity index (χ3n) is 4.45. The molecule has 0 heterocycles. The second-order valence-corrected chi connectivity index (χ2v) is 8.04. The van der Waals surface area contributed by atoms with E-state index in [0.717, 1.165) is 12.1 Å². The van der Waals surface area contributed by atoms with Crippen molar-refractivity contribution in [1.82, 2.24) is 0 Å². The van der Waals surface area contributed by atoms with Crippen LogP contribution < -0.4 is 9.47 Å². The number of methoxy groups -OCH3 is 1. The van der Waals surface area contributed by atoms with Crippen LogP contribution >= 0.6 is 0 Å². The van der Waals surface area contributed by atoms with Crippen molar-refractivity contribution in [2.75, 3.05) is 7.11 Å². The summed E-state index contributed by atoms with van der Waals surface area (Å²) in [6.45, 7) is 9.78. The van der Waals surface area contributed by atoms with E-state index in [4.69, 9.17) is 14.7 Å². The Bertz CT molecular complexity index is 752. The Kier molecular flexibility index (Phi) is 5.72. The average Bonchev–Trinajstić information content (AvgIpc) is 2.44. The van der Waals surface area contributed by atoms with Crippen LogP contribution in [0, 0.1) is 33.4 Å². The molecule has 1 N–H and O–H groups in total. The molecule has 0 aliphatic carbocycles. The van der Waals surface area contributed by atoms with Gasteiger partial charge in [-0.05, 0) is 10.8 Å². The molecule has 0 amide bonds. The predicted molar refractivity (Wildman–Crippen MR) is 92.3 cm³/mol. The topological polar surface area (TPSA) is 96.6 Å². The molecule has 1 rings (SSSR count). The number of nitrogens with zero attached hydrogens (tertiary/aromatic N) is 1. The highest BCUT2D eigenvalue weighted by Crippen LogP contribution is 2.53. The standard InChI is InChI=1S/C19H24FNO5/c1-17(2,3)19(15(22)23,18(4,5)6)16(24)26-14-9-12(20)11(10-21)8-13(14)25-7/h8-9H,1-7H3,(H,22,23). The number of carbonyl (C=O) groups excluding carboxylic acids is 1. The lowest BCUT2D eigenvalue weighted by atomic mass is 9.54. The summed E-state index contributed by atoms with van der Waals surface area (Å²) in [5.41, 5.74) is -4.22. The molecule has 0 spiro atoms. The number of hydrogen-bond acceptors (Lipinski definition) is 5. The smallest absolute Gasteiger partial charge is 0.330 e. The zero-order valence-electron chi connectivity index (χ0n) is 16.1. The monoisotopic (exact) mass is 365 g/mol. The van der Waals surface area contributed by atoms with E-state index in [1.807, 2.05) is 0 Å². The van der Waals surface area contributed by atoms with Gasteiger partial charge in [-0.15, -0.1) is 0 Å². The van der Waals surface area contributed by atoms with Crippen molar-refractivity contribution in [3.8, 4) is 17.6 Å². The highest BCUT2D eigenvalue weighted by Gasteiger charge is 2.63. The van der Waals surface area contributed by atoms with E-state index in [1.165, 1.54) is 7.11 Å². The SMILES string of the molecule is COc1cc(C#N)c(F)cc1OC(=O)C(C(=O)O)(C(C)(C)C)C(C)(C)C. The first-order chi connectivity index (χ1) is 11.7. The summed E-state index contributed by atoms with van der Waals surface area (Å²) >= 11 is 0. The Balaban J connectivity index is 3.57. The van der Waals surface area contributed by atoms with E-state index in [2.05, 4.69) is 0 Å². The van der Waals surface area contributed by atoms with Gasteiger partial charge in [0.05, 0.1) is 12.7 Å². The first-order valence-corrected chi connectivity index (χ1v) is 7.97. The summed E-state index contributed by atoms with van der Waals surface area (Å²) in [5.74, 6) is -3.60. The minimum Gasteiger partial charge on any atom is -0.493 e. The number of halogens is 1. The number of esters is 1. The molecule has 0 unspecified atom stereocenters. The predicted octanol–water partition coefficient (Wildman–Crippen LogP) is 3.77. The summed E-state index contributed by atoms with van der Waals surface area (Å²) in [7, 11) is 1.27. The van der Waals surface area contributed by atoms with Gasteiger partial charge in [-0.2, -0.15) is 5.26 Å². The first-order valence-electron chi connectivity index (χ1n) is 7.97. The molecule has 0 bridgehead atoms. The minimum absolute atomic E-state index is 0.0431. The maximum Gasteiger partial charge on any atom is 0.330 e. The molecular weight excluding hydrogens is 341 g/mol. The molecule has 0 saturated heterocycles. The molecule has 1 aromatic carbocycles. The Morgan fingerprint density at radius 3 is 1.92 bits per heavy atom. The number of rotatable bonds is 4. The molecular formula is C19H24FNO5. The maximum absolute atomic E-state index is 14.0. The molecule has 0 aliphatic heterocycles. The van der Waals surface area contributed by atoms with Crippen LogP contribution in [-0.2, 0) is 9.59 Å². The van der Waals surface area contributed by atoms with Crippen molar-refractivity contribution in [1.29, 1.82) is 5.26 Å². The fourth-order valence-corrected chi connectivity index (χ4v) is 3.50. The van der Waals surface area contributed by atoms with Crippen LogP contribution in [0.5, 0.6) is 11.5 Å². The van der Waals surface area contributed by atoms with E-state index in [0.29, 0.717) is 0 Å². The molecule has 26 heavy (non-hydrogen) atoms. The highest BCUT2D eigenvalue weighted by atomic mass is 19.1. The van der Waals surface area contributed by atoms with Crippen LogP contribution in [0.1, 0.15) is 47.1 Å². The number of carbonyl (C=O) groups is 2. The third-order valence-corrected chi connectivity index (χ3v) is 4.45. The van der Waals surface area contributed by atoms with Crippen molar-refractivity contribution in [3.63, 3.8) is 0 Å². The van der Waals surface area contributed by atoms with Gasteiger partial charge in [-0.1, -0.05) is 41.5 Å². The minimum atomic E-state index is -1.92. The van der Waals surface area contributed by atoms with Crippen molar-refractivity contribution in [3.05, 3.63) is 23.5 Å². The van der Waals surface area contributed by atoms with Gasteiger partial charge in [-0.3, -0.25) is 9.59 Å². The lowest BCUT2D eigenvalue weighted by Gasteiger charge is -2.47. The Morgan fingerprint density at radius 2 is 1.58 bits per heavy atom. The second-order valence-electron chi connectivity index (χ2n) is 8.04. The van der Waals surface area contributed by atoms with Gasteiger partial charge in [0, 0.05) is 12.1 Å². The van der Waals surface area contributed by atoms with Crippen molar-refractivity contribution in [2.45, 2.75) is 41.5 Å². The Hall–Kier alpha value is -2.62. The second kappa shape index (κ2) is 6.94. The number of benzene rings is 1. The fourth-order valence-electron chi connectivity index (χ4n) is 3.50. The number of carboxylic acids is 1. The zero-order chi connectivity index (χ0) is 20.5. The van der Waals surface area contributed by atoms with Crippen molar-refractivity contribution in [2.24, 2.45) is 16.2 Å². The van der Waals surface area contributed by atoms with Crippen LogP contribution in [0.15, 0.2) is 12.1 Å². The van der Waals surface area contributed by atoms with Crippen LogP contribution in [0.3, 0.4) is 0 Å². The molecule has 0 aliphatic rings. The largest absolute Gasteiger partial charge is 0.493 e. The van der Waals surface area contributed by atoms with Gasteiger partial charge in [0.15, 0.2) is 16.9 Å². The lowest BCUT2D eigenvalue weighted by molar-refractivity contribution is -0.184. The first kappa shape index (κ1) is 21.4. The number of ether oxygens (including phenoxy) is 2. The van der Waals surface area contributed by atoms with E-state index in [9.17, 15) is 19.1 Å². The van der Waals surface area contributed by atoms with Crippen molar-refractivity contribution >= 4 is 11.9 Å². The molecule has 0 fully saturated rings. The number of aliphatic carboxylic acids is 1. The average molecular weight is 365 g/mol. The molecule has 142 valence electrons. The van der Waals surface area contributed by atoms with Gasteiger partial charge in [0.25, 0.3) is 0 Å². The third kappa shape index (κ3) is 3.36. The van der Waals surface area contributed by atoms with Crippen LogP contribution in [0.2, 0.25) is 0 Å². The number of nitriles is 1. The van der Waals surface area contributed by atoms with Gasteiger partial charge in [-0.25, -0.2) is 4.39 Å². The van der Waals surface area contributed by atoms with E-state index in [-0.39, 0.29) is 17.1 Å². The van der Waals surface area contributed by atoms with Crippen LogP contribution in [-0.4, -0.2) is 24.2 Å². The fraction of sp³-hybridized carbons (Fsp3) is 0.526. The quantitative estimate of drug-likeness (QED) is 0.495. The summed E-state index contributed by atoms with van der Waals surface area (Å²) in [5, 5.41) is 18.9. The van der Waals surface area contributed by atoms with E-state index in [1.54, 1.807) is 47.6 Å². The Morgan fingerprint density at radius 1 is 1.08 bits per heavy atom. The molecule has 0 saturated carbocycles. The number of carboxylic acid groups (broad SMARTS) is 1. The molecule has 1 aromatic rings. The van der Waals surface area contributed by atoms with Gasteiger partial charge < -0.3 is 14.6 Å². The maximum atomic E-state index is 14.0. The molecule has 6 nitrogen and oxygen atoms in total. The van der Waals surface area contributed by atoms with Gasteiger partial charge in [0.2, 0.25) is 0 Å². The summed E-state index contributed by atoms with van der Waals surface area (Å²) in [4.78, 5) is 25.3. The lowest BCUT2D eigenvalue weighted by Crippen LogP contribution is -2.59. The molecule has 0 radical (unpaired) electrons. The summed E-state index contributed by atoms with van der Waals surface area (Å²) < 4.78 is 24.3. The van der Waals surface area contributed by atoms with Crippen LogP contribution in [0.4, 0.5) is 4.39 Å². The normalized spacial score (nSPS) is 12.3. The summed E-state index contributed by atoms with van der Waals surface area (Å²) in [6, 6.07) is 3.59. The van der Waals surface area contributed by atoms with Gasteiger partial charge >= 0.3 is 11.9 Å². The highest BCUT2D eigenvalue weighted by molar-refractivity contribution is 6.02. The van der Waals surface area contributed by atoms with E-state index < -0.39 is 34.0 Å². The zero-order valence-corrected chi connectivity index (χ0v) is 16.1. The van der Waals surface area contributed by atoms with Crippen LogP contribution in [0.25, 0.3) is 0 Å². The van der Waals surface area contributed by atoms with Gasteiger partial charge in [0.1, 0.15) is 11.9 Å². The van der Waals surface area contributed by atoms with Crippen molar-refractivity contribution < 1.29 is 28.6 Å².